The van der Waals surface area contributed by atoms with E-state index in [1.54, 1.807) is 0 Å². The molecule has 3 rings (SSSR count). The van der Waals surface area contributed by atoms with Gasteiger partial charge in [-0.25, -0.2) is 0 Å². The number of hydrogen-bond donors (Lipinski definition) is 2. The van der Waals surface area contributed by atoms with Gasteiger partial charge in [0.05, 0.1) is 0 Å². The van der Waals surface area contributed by atoms with Gasteiger partial charge in [0.1, 0.15) is 11.6 Å². The molecule has 140 valence electrons. The molecule has 0 unspecified atom stereocenters. The summed E-state index contributed by atoms with van der Waals surface area (Å²) in [6.45, 7) is 2.16. The maximum atomic E-state index is 12.4. The lowest BCUT2D eigenvalue weighted by molar-refractivity contribution is -0.112. The van der Waals surface area contributed by atoms with E-state index in [9.17, 15) is 10.1 Å². The SMILES string of the molecule is CCCCc1ccc(NC(=O)/C(C#N)=C\Nc2ccc3ccccc3c2)cc1. The van der Waals surface area contributed by atoms with Crippen molar-refractivity contribution in [3.05, 3.63) is 84.1 Å². The lowest BCUT2D eigenvalue weighted by atomic mass is 10.1. The standard InChI is InChI=1S/C24H23N3O/c1-2-3-6-18-9-12-22(13-10-18)27-24(28)21(16-25)17-26-23-14-11-19-7-4-5-8-20(19)15-23/h4-5,7-15,17,26H,2-3,6H2,1H3,(H,27,28)/b21-17-. The molecule has 0 fully saturated rings. The lowest BCUT2D eigenvalue weighted by Crippen LogP contribution is -2.14. The summed E-state index contributed by atoms with van der Waals surface area (Å²) >= 11 is 0. The number of fused-ring (bicyclic) bond motifs is 1. The molecule has 0 atom stereocenters. The molecule has 0 aliphatic rings. The molecule has 1 amide bonds. The van der Waals surface area contributed by atoms with Crippen LogP contribution in [-0.2, 0) is 11.2 Å². The Labute approximate surface area is 165 Å². The molecule has 2 N–H and O–H groups in total. The third-order valence-corrected chi connectivity index (χ3v) is 4.53. The number of aryl methyl sites for hydroxylation is 1. The predicted octanol–water partition coefficient (Wildman–Crippen LogP) is 5.64. The molecule has 0 bridgehead atoms. The van der Waals surface area contributed by atoms with Crippen molar-refractivity contribution in [3.8, 4) is 6.07 Å². The Morgan fingerprint density at radius 3 is 2.43 bits per heavy atom. The Kier molecular flexibility index (Phi) is 6.43. The smallest absolute Gasteiger partial charge is 0.267 e. The minimum atomic E-state index is -0.433. The van der Waals surface area contributed by atoms with Crippen LogP contribution in [0.5, 0.6) is 0 Å². The second-order valence-corrected chi connectivity index (χ2v) is 6.63. The van der Waals surface area contributed by atoms with Gasteiger partial charge in [0.25, 0.3) is 5.91 Å². The average Bonchev–Trinajstić information content (AvgIpc) is 2.73. The van der Waals surface area contributed by atoms with Crippen molar-refractivity contribution < 1.29 is 4.79 Å². The zero-order valence-corrected chi connectivity index (χ0v) is 15.9. The summed E-state index contributed by atoms with van der Waals surface area (Å²) in [6, 6.07) is 23.6. The van der Waals surface area contributed by atoms with Gasteiger partial charge in [0.2, 0.25) is 0 Å². The van der Waals surface area contributed by atoms with Crippen LogP contribution in [0.3, 0.4) is 0 Å². The Bertz CT molecular complexity index is 1030. The van der Waals surface area contributed by atoms with Gasteiger partial charge in [-0.3, -0.25) is 4.79 Å². The molecule has 0 aromatic heterocycles. The number of nitriles is 1. The summed E-state index contributed by atoms with van der Waals surface area (Å²) in [5, 5.41) is 17.4. The van der Waals surface area contributed by atoms with Gasteiger partial charge in [0.15, 0.2) is 0 Å². The van der Waals surface area contributed by atoms with Crippen LogP contribution >= 0.6 is 0 Å². The second kappa shape index (κ2) is 9.38. The van der Waals surface area contributed by atoms with Crippen LogP contribution in [0.25, 0.3) is 10.8 Å². The average molecular weight is 369 g/mol. The number of nitrogens with zero attached hydrogens (tertiary/aromatic N) is 1. The summed E-state index contributed by atoms with van der Waals surface area (Å²) in [6.07, 6.45) is 4.77. The number of carbonyl (C=O) groups excluding carboxylic acids is 1. The maximum absolute atomic E-state index is 12.4. The van der Waals surface area contributed by atoms with E-state index >= 15 is 0 Å². The van der Waals surface area contributed by atoms with Gasteiger partial charge in [-0.05, 0) is 53.4 Å². The van der Waals surface area contributed by atoms with Crippen LogP contribution in [0.1, 0.15) is 25.3 Å². The Balaban J connectivity index is 1.66. The molecule has 0 radical (unpaired) electrons. The van der Waals surface area contributed by atoms with E-state index < -0.39 is 5.91 Å². The zero-order valence-electron chi connectivity index (χ0n) is 15.9. The van der Waals surface area contributed by atoms with Crippen LogP contribution < -0.4 is 10.6 Å². The molecule has 0 aliphatic carbocycles. The number of rotatable bonds is 7. The van der Waals surface area contributed by atoms with Gasteiger partial charge in [-0.1, -0.05) is 55.8 Å². The molecule has 0 spiro atoms. The summed E-state index contributed by atoms with van der Waals surface area (Å²) in [5.41, 5.74) is 2.76. The number of unbranched alkanes of at least 4 members (excludes halogenated alkanes) is 1. The van der Waals surface area contributed by atoms with Crippen LogP contribution in [-0.4, -0.2) is 5.91 Å². The molecule has 4 heteroatoms. The minimum absolute atomic E-state index is 0.0169. The molecule has 4 nitrogen and oxygen atoms in total. The normalized spacial score (nSPS) is 11.1. The summed E-state index contributed by atoms with van der Waals surface area (Å²) in [4.78, 5) is 12.4. The third kappa shape index (κ3) is 4.99. The number of amides is 1. The highest BCUT2D eigenvalue weighted by molar-refractivity contribution is 6.06. The van der Waals surface area contributed by atoms with Gasteiger partial charge in [-0.2, -0.15) is 5.26 Å². The highest BCUT2D eigenvalue weighted by Gasteiger charge is 2.09. The van der Waals surface area contributed by atoms with Crippen molar-refractivity contribution in [2.75, 3.05) is 10.6 Å². The fourth-order valence-corrected chi connectivity index (χ4v) is 2.92. The minimum Gasteiger partial charge on any atom is -0.360 e. The zero-order chi connectivity index (χ0) is 19.8. The number of anilines is 2. The van der Waals surface area contributed by atoms with Gasteiger partial charge in [0, 0.05) is 17.6 Å². The van der Waals surface area contributed by atoms with Crippen molar-refractivity contribution in [1.29, 1.82) is 5.26 Å². The first-order valence-corrected chi connectivity index (χ1v) is 9.45. The topological polar surface area (TPSA) is 64.9 Å². The first kappa shape index (κ1) is 19.2. The second-order valence-electron chi connectivity index (χ2n) is 6.63. The van der Waals surface area contributed by atoms with E-state index in [1.165, 1.54) is 11.8 Å². The van der Waals surface area contributed by atoms with Crippen molar-refractivity contribution in [3.63, 3.8) is 0 Å². The molecule has 3 aromatic carbocycles. The molecule has 28 heavy (non-hydrogen) atoms. The van der Waals surface area contributed by atoms with Crippen LogP contribution in [0.4, 0.5) is 11.4 Å². The molecular formula is C24H23N3O. The molecular weight excluding hydrogens is 346 g/mol. The Morgan fingerprint density at radius 1 is 1.00 bits per heavy atom. The predicted molar refractivity (Wildman–Crippen MR) is 115 cm³/mol. The van der Waals surface area contributed by atoms with Crippen molar-refractivity contribution >= 4 is 28.1 Å². The Hall–Kier alpha value is -3.58. The van der Waals surface area contributed by atoms with Crippen LogP contribution in [0, 0.1) is 11.3 Å². The van der Waals surface area contributed by atoms with Gasteiger partial charge < -0.3 is 10.6 Å². The summed E-state index contributed by atoms with van der Waals surface area (Å²) in [7, 11) is 0. The van der Waals surface area contributed by atoms with E-state index in [0.717, 1.165) is 35.7 Å². The van der Waals surface area contributed by atoms with Gasteiger partial charge in [-0.15, -0.1) is 0 Å². The molecule has 0 heterocycles. The van der Waals surface area contributed by atoms with Crippen LogP contribution in [0.2, 0.25) is 0 Å². The molecule has 0 saturated carbocycles. The van der Waals surface area contributed by atoms with E-state index in [-0.39, 0.29) is 5.57 Å². The quantitative estimate of drug-likeness (QED) is 0.418. The van der Waals surface area contributed by atoms with E-state index in [1.807, 2.05) is 72.8 Å². The maximum Gasteiger partial charge on any atom is 0.267 e. The highest BCUT2D eigenvalue weighted by Crippen LogP contribution is 2.19. The van der Waals surface area contributed by atoms with Crippen molar-refractivity contribution in [2.45, 2.75) is 26.2 Å². The van der Waals surface area contributed by atoms with Crippen molar-refractivity contribution in [2.24, 2.45) is 0 Å². The third-order valence-electron chi connectivity index (χ3n) is 4.53. The molecule has 0 saturated heterocycles. The fourth-order valence-electron chi connectivity index (χ4n) is 2.92. The lowest BCUT2D eigenvalue weighted by Gasteiger charge is -2.07. The largest absolute Gasteiger partial charge is 0.360 e. The fraction of sp³-hybridized carbons (Fsp3) is 0.167. The monoisotopic (exact) mass is 369 g/mol. The first-order chi connectivity index (χ1) is 13.7. The van der Waals surface area contributed by atoms with E-state index in [0.29, 0.717) is 5.69 Å². The number of benzene rings is 3. The van der Waals surface area contributed by atoms with Crippen molar-refractivity contribution in [1.82, 2.24) is 0 Å². The highest BCUT2D eigenvalue weighted by atomic mass is 16.1. The number of carbonyl (C=O) groups is 1. The summed E-state index contributed by atoms with van der Waals surface area (Å²) in [5.74, 6) is -0.433. The number of nitrogens with one attached hydrogen (secondary N) is 2. The first-order valence-electron chi connectivity index (χ1n) is 9.45. The van der Waals surface area contributed by atoms with Crippen LogP contribution in [0.15, 0.2) is 78.5 Å². The molecule has 3 aromatic rings. The van der Waals surface area contributed by atoms with E-state index in [4.69, 9.17) is 0 Å². The Morgan fingerprint density at radius 2 is 1.71 bits per heavy atom. The van der Waals surface area contributed by atoms with Gasteiger partial charge >= 0.3 is 0 Å². The number of hydrogen-bond acceptors (Lipinski definition) is 3. The molecule has 0 aliphatic heterocycles. The van der Waals surface area contributed by atoms with E-state index in [2.05, 4.69) is 17.6 Å². The summed E-state index contributed by atoms with van der Waals surface area (Å²) < 4.78 is 0.